The van der Waals surface area contributed by atoms with Crippen LogP contribution < -0.4 is 10.1 Å². The number of hydrogen-bond acceptors (Lipinski definition) is 3. The lowest BCUT2D eigenvalue weighted by atomic mass is 9.82. The Bertz CT molecular complexity index is 453. The largest absolute Gasteiger partial charge is 0.496 e. The van der Waals surface area contributed by atoms with E-state index in [1.165, 1.54) is 0 Å². The number of rotatable bonds is 8. The Kier molecular flexibility index (Phi) is 6.02. The Morgan fingerprint density at radius 3 is 2.50 bits per heavy atom. The van der Waals surface area contributed by atoms with Crippen LogP contribution in [0.3, 0.4) is 0 Å². The fourth-order valence-electron chi connectivity index (χ4n) is 2.30. The molecule has 0 saturated carbocycles. The van der Waals surface area contributed by atoms with Crippen LogP contribution in [0.5, 0.6) is 5.75 Å². The maximum absolute atomic E-state index is 11.4. The molecular weight excluding hydrogens is 254 g/mol. The van der Waals surface area contributed by atoms with Gasteiger partial charge in [0, 0.05) is 13.1 Å². The minimum atomic E-state index is -0.725. The van der Waals surface area contributed by atoms with Crippen molar-refractivity contribution >= 4 is 5.97 Å². The van der Waals surface area contributed by atoms with Gasteiger partial charge in [0.15, 0.2) is 0 Å². The molecule has 0 bridgehead atoms. The van der Waals surface area contributed by atoms with E-state index in [1.807, 2.05) is 39.0 Å². The average molecular weight is 279 g/mol. The van der Waals surface area contributed by atoms with Gasteiger partial charge >= 0.3 is 5.97 Å². The normalized spacial score (nSPS) is 11.4. The molecule has 0 fully saturated rings. The second-order valence-corrected chi connectivity index (χ2v) is 5.20. The Hall–Kier alpha value is -1.55. The quantitative estimate of drug-likeness (QED) is 0.768. The van der Waals surface area contributed by atoms with E-state index in [1.54, 1.807) is 7.11 Å². The molecule has 1 aromatic rings. The molecule has 0 unspecified atom stereocenters. The summed E-state index contributed by atoms with van der Waals surface area (Å²) in [4.78, 5) is 11.4. The van der Waals surface area contributed by atoms with Crippen LogP contribution in [0.2, 0.25) is 0 Å². The molecular formula is C16H25NO3. The first-order valence-corrected chi connectivity index (χ1v) is 7.06. The van der Waals surface area contributed by atoms with Crippen LogP contribution >= 0.6 is 0 Å². The third-order valence-electron chi connectivity index (χ3n) is 4.07. The smallest absolute Gasteiger partial charge is 0.310 e. The predicted octanol–water partition coefficient (Wildman–Crippen LogP) is 2.98. The number of carbonyl (C=O) groups is 1. The van der Waals surface area contributed by atoms with Gasteiger partial charge in [-0.05, 0) is 37.0 Å². The van der Waals surface area contributed by atoms with E-state index in [4.69, 9.17) is 4.74 Å². The maximum atomic E-state index is 11.4. The molecule has 0 aliphatic carbocycles. The Balaban J connectivity index is 2.66. The first-order valence-electron chi connectivity index (χ1n) is 7.06. The summed E-state index contributed by atoms with van der Waals surface area (Å²) in [6.45, 7) is 6.97. The van der Waals surface area contributed by atoms with Crippen molar-refractivity contribution in [3.8, 4) is 5.75 Å². The summed E-state index contributed by atoms with van der Waals surface area (Å²) in [5, 5.41) is 12.6. The number of hydrogen-bond donors (Lipinski definition) is 2. The molecule has 4 heteroatoms. The molecule has 20 heavy (non-hydrogen) atoms. The van der Waals surface area contributed by atoms with Crippen LogP contribution in [0.4, 0.5) is 0 Å². The molecule has 112 valence electrons. The van der Waals surface area contributed by atoms with E-state index < -0.39 is 11.4 Å². The van der Waals surface area contributed by atoms with Crippen LogP contribution in [0.15, 0.2) is 18.2 Å². The van der Waals surface area contributed by atoms with Crippen molar-refractivity contribution in [3.05, 3.63) is 29.3 Å². The van der Waals surface area contributed by atoms with Gasteiger partial charge < -0.3 is 15.2 Å². The Morgan fingerprint density at radius 1 is 1.35 bits per heavy atom. The molecule has 4 nitrogen and oxygen atoms in total. The molecule has 0 saturated heterocycles. The van der Waals surface area contributed by atoms with E-state index in [2.05, 4.69) is 5.32 Å². The zero-order valence-electron chi connectivity index (χ0n) is 12.8. The highest BCUT2D eigenvalue weighted by Gasteiger charge is 2.34. The summed E-state index contributed by atoms with van der Waals surface area (Å²) in [6, 6.07) is 6.04. The van der Waals surface area contributed by atoms with Crippen LogP contribution in [0, 0.1) is 12.3 Å². The first-order chi connectivity index (χ1) is 9.49. The lowest BCUT2D eigenvalue weighted by molar-refractivity contribution is -0.149. The van der Waals surface area contributed by atoms with E-state index in [-0.39, 0.29) is 0 Å². The second-order valence-electron chi connectivity index (χ2n) is 5.20. The number of ether oxygens (including phenoxy) is 1. The van der Waals surface area contributed by atoms with E-state index in [0.717, 1.165) is 16.9 Å². The summed E-state index contributed by atoms with van der Waals surface area (Å²) < 4.78 is 5.29. The third-order valence-corrected chi connectivity index (χ3v) is 4.07. The zero-order valence-corrected chi connectivity index (χ0v) is 12.8. The molecule has 0 aliphatic heterocycles. The number of nitrogens with one attached hydrogen (secondary N) is 1. The van der Waals surface area contributed by atoms with Crippen molar-refractivity contribution in [2.75, 3.05) is 13.7 Å². The summed E-state index contributed by atoms with van der Waals surface area (Å²) in [5.41, 5.74) is 1.52. The number of methoxy groups -OCH3 is 1. The summed E-state index contributed by atoms with van der Waals surface area (Å²) in [5.74, 6) is 0.135. The van der Waals surface area contributed by atoms with Crippen LogP contribution in [0.1, 0.15) is 37.8 Å². The lowest BCUT2D eigenvalue weighted by Crippen LogP contribution is -2.40. The van der Waals surface area contributed by atoms with E-state index in [9.17, 15) is 9.90 Å². The highest BCUT2D eigenvalue weighted by molar-refractivity contribution is 5.74. The SMILES string of the molecule is CCC(CC)(CNCc1ccc(C)c(OC)c1)C(=O)O. The van der Waals surface area contributed by atoms with Crippen molar-refractivity contribution < 1.29 is 14.6 Å². The van der Waals surface area contributed by atoms with Gasteiger partial charge in [-0.15, -0.1) is 0 Å². The Labute approximate surface area is 121 Å². The fourth-order valence-corrected chi connectivity index (χ4v) is 2.30. The van der Waals surface area contributed by atoms with Gasteiger partial charge in [-0.2, -0.15) is 0 Å². The maximum Gasteiger partial charge on any atom is 0.310 e. The summed E-state index contributed by atoms with van der Waals surface area (Å²) >= 11 is 0. The monoisotopic (exact) mass is 279 g/mol. The van der Waals surface area contributed by atoms with Crippen molar-refractivity contribution in [2.24, 2.45) is 5.41 Å². The second kappa shape index (κ2) is 7.29. The number of carboxylic acid groups (broad SMARTS) is 1. The molecule has 0 aromatic heterocycles. The van der Waals surface area contributed by atoms with Gasteiger partial charge in [-0.1, -0.05) is 26.0 Å². The van der Waals surface area contributed by atoms with Crippen molar-refractivity contribution in [3.63, 3.8) is 0 Å². The topological polar surface area (TPSA) is 58.6 Å². The van der Waals surface area contributed by atoms with Crippen molar-refractivity contribution in [2.45, 2.75) is 40.2 Å². The van der Waals surface area contributed by atoms with Gasteiger partial charge in [0.25, 0.3) is 0 Å². The molecule has 0 radical (unpaired) electrons. The number of aryl methyl sites for hydroxylation is 1. The van der Waals surface area contributed by atoms with Crippen LogP contribution in [0.25, 0.3) is 0 Å². The number of carboxylic acids is 1. The van der Waals surface area contributed by atoms with Gasteiger partial charge in [0.2, 0.25) is 0 Å². The highest BCUT2D eigenvalue weighted by Crippen LogP contribution is 2.26. The number of aliphatic carboxylic acids is 1. The van der Waals surface area contributed by atoms with Gasteiger partial charge in [0.05, 0.1) is 12.5 Å². The first kappa shape index (κ1) is 16.5. The van der Waals surface area contributed by atoms with Crippen LogP contribution in [-0.2, 0) is 11.3 Å². The third kappa shape index (κ3) is 3.73. The van der Waals surface area contributed by atoms with Crippen LogP contribution in [-0.4, -0.2) is 24.7 Å². The molecule has 0 aliphatic rings. The molecule has 1 aromatic carbocycles. The Morgan fingerprint density at radius 2 is 2.00 bits per heavy atom. The highest BCUT2D eigenvalue weighted by atomic mass is 16.5. The zero-order chi connectivity index (χ0) is 15.2. The minimum Gasteiger partial charge on any atom is -0.496 e. The number of benzene rings is 1. The summed E-state index contributed by atoms with van der Waals surface area (Å²) in [6.07, 6.45) is 1.26. The standard InChI is InChI=1S/C16H25NO3/c1-5-16(6-2,15(18)19)11-17-10-13-8-7-12(3)14(9-13)20-4/h7-9,17H,5-6,10-11H2,1-4H3,(H,18,19). The minimum absolute atomic E-state index is 0.478. The molecule has 1 rings (SSSR count). The lowest BCUT2D eigenvalue weighted by Gasteiger charge is -2.27. The summed E-state index contributed by atoms with van der Waals surface area (Å²) in [7, 11) is 1.66. The molecule has 0 amide bonds. The molecule has 0 heterocycles. The van der Waals surface area contributed by atoms with Gasteiger partial charge in [-0.3, -0.25) is 4.79 Å². The van der Waals surface area contributed by atoms with Gasteiger partial charge in [-0.25, -0.2) is 0 Å². The van der Waals surface area contributed by atoms with E-state index in [0.29, 0.717) is 25.9 Å². The molecule has 2 N–H and O–H groups in total. The average Bonchev–Trinajstić information content (AvgIpc) is 2.45. The fraction of sp³-hybridized carbons (Fsp3) is 0.562. The molecule has 0 atom stereocenters. The van der Waals surface area contributed by atoms with Gasteiger partial charge in [0.1, 0.15) is 5.75 Å². The van der Waals surface area contributed by atoms with E-state index >= 15 is 0 Å². The van der Waals surface area contributed by atoms with Crippen molar-refractivity contribution in [1.29, 1.82) is 0 Å². The predicted molar refractivity (Wildman–Crippen MR) is 80.1 cm³/mol. The molecule has 0 spiro atoms. The van der Waals surface area contributed by atoms with Crippen molar-refractivity contribution in [1.82, 2.24) is 5.32 Å².